The van der Waals surface area contributed by atoms with Crippen molar-refractivity contribution in [2.24, 2.45) is 11.7 Å². The largest absolute Gasteiger partial charge is 0.496 e. The minimum Gasteiger partial charge on any atom is -0.496 e. The minimum absolute atomic E-state index is 0. The van der Waals surface area contributed by atoms with E-state index in [9.17, 15) is 9.59 Å². The van der Waals surface area contributed by atoms with Gasteiger partial charge < -0.3 is 15.8 Å². The topological polar surface area (TPSA) is 81.4 Å². The van der Waals surface area contributed by atoms with E-state index in [1.54, 1.807) is 25.3 Å². The van der Waals surface area contributed by atoms with Crippen LogP contribution in [0.15, 0.2) is 18.2 Å². The Labute approximate surface area is 149 Å². The minimum atomic E-state index is -0.0469. The summed E-state index contributed by atoms with van der Waals surface area (Å²) in [4.78, 5) is 23.9. The van der Waals surface area contributed by atoms with Gasteiger partial charge in [0, 0.05) is 17.2 Å². The second-order valence-electron chi connectivity index (χ2n) is 6.21. The Morgan fingerprint density at radius 2 is 2.00 bits per heavy atom. The van der Waals surface area contributed by atoms with E-state index in [0.29, 0.717) is 23.8 Å². The summed E-state index contributed by atoms with van der Waals surface area (Å²) in [6.07, 6.45) is 4.58. The van der Waals surface area contributed by atoms with Gasteiger partial charge in [0.05, 0.1) is 13.5 Å². The van der Waals surface area contributed by atoms with E-state index < -0.39 is 0 Å². The smallest absolute Gasteiger partial charge is 0.224 e. The maximum atomic E-state index is 12.4. The van der Waals surface area contributed by atoms with E-state index in [0.717, 1.165) is 24.8 Å². The Balaban J connectivity index is 0.00000288. The fourth-order valence-electron chi connectivity index (χ4n) is 3.25. The second kappa shape index (κ2) is 9.64. The molecule has 1 aromatic carbocycles. The summed E-state index contributed by atoms with van der Waals surface area (Å²) < 4.78 is 5.30. The molecule has 0 heterocycles. The average molecular weight is 355 g/mol. The standard InChI is InChI=1S/C18H26N2O3.ClH/c1-12(21)13-7-8-17(23-2)15(9-13)10-18(22)20-16-6-4-3-5-14(16)11-19;/h7-9,14,16H,3-6,10-11,19H2,1-2H3,(H,20,22);1H. The lowest BCUT2D eigenvalue weighted by atomic mass is 9.84. The van der Waals surface area contributed by atoms with Crippen molar-refractivity contribution in [1.29, 1.82) is 0 Å². The molecule has 0 aromatic heterocycles. The molecule has 1 saturated carbocycles. The van der Waals surface area contributed by atoms with Crippen molar-refractivity contribution in [2.45, 2.75) is 45.1 Å². The van der Waals surface area contributed by atoms with Crippen molar-refractivity contribution in [2.75, 3.05) is 13.7 Å². The van der Waals surface area contributed by atoms with Gasteiger partial charge in [0.25, 0.3) is 0 Å². The Morgan fingerprint density at radius 1 is 1.29 bits per heavy atom. The van der Waals surface area contributed by atoms with E-state index in [2.05, 4.69) is 5.32 Å². The van der Waals surface area contributed by atoms with Crippen molar-refractivity contribution in [3.8, 4) is 5.75 Å². The summed E-state index contributed by atoms with van der Waals surface area (Å²) in [6, 6.07) is 5.35. The third kappa shape index (κ3) is 5.21. The summed E-state index contributed by atoms with van der Waals surface area (Å²) in [5, 5.41) is 3.11. The van der Waals surface area contributed by atoms with Crippen LogP contribution in [-0.2, 0) is 11.2 Å². The highest BCUT2D eigenvalue weighted by atomic mass is 35.5. The molecular formula is C18H27ClN2O3. The van der Waals surface area contributed by atoms with Gasteiger partial charge in [-0.05, 0) is 50.4 Å². The van der Waals surface area contributed by atoms with Gasteiger partial charge in [0.2, 0.25) is 5.91 Å². The van der Waals surface area contributed by atoms with Gasteiger partial charge in [-0.1, -0.05) is 12.8 Å². The lowest BCUT2D eigenvalue weighted by Crippen LogP contribution is -2.45. The maximum Gasteiger partial charge on any atom is 0.224 e. The number of hydrogen-bond donors (Lipinski definition) is 2. The molecule has 0 bridgehead atoms. The van der Waals surface area contributed by atoms with Crippen LogP contribution in [-0.4, -0.2) is 31.4 Å². The zero-order valence-corrected chi connectivity index (χ0v) is 15.2. The number of rotatable bonds is 6. The summed E-state index contributed by atoms with van der Waals surface area (Å²) >= 11 is 0. The molecule has 0 saturated heterocycles. The van der Waals surface area contributed by atoms with Crippen molar-refractivity contribution in [3.05, 3.63) is 29.3 Å². The van der Waals surface area contributed by atoms with Gasteiger partial charge in [-0.25, -0.2) is 0 Å². The Morgan fingerprint density at radius 3 is 2.62 bits per heavy atom. The number of Topliss-reactive ketones (excluding diaryl/α,β-unsaturated/α-hetero) is 1. The number of methoxy groups -OCH3 is 1. The van der Waals surface area contributed by atoms with Gasteiger partial charge in [-0.2, -0.15) is 0 Å². The number of amides is 1. The number of ether oxygens (including phenoxy) is 1. The van der Waals surface area contributed by atoms with Crippen molar-refractivity contribution in [3.63, 3.8) is 0 Å². The SMILES string of the molecule is COc1ccc(C(C)=O)cc1CC(=O)NC1CCCCC1CN.Cl. The van der Waals surface area contributed by atoms with Gasteiger partial charge in [-0.15, -0.1) is 12.4 Å². The van der Waals surface area contributed by atoms with E-state index in [4.69, 9.17) is 10.5 Å². The number of ketones is 1. The molecule has 1 aromatic rings. The molecule has 1 fully saturated rings. The first-order chi connectivity index (χ1) is 11.0. The van der Waals surface area contributed by atoms with Gasteiger partial charge in [0.1, 0.15) is 5.75 Å². The van der Waals surface area contributed by atoms with Gasteiger partial charge in [0.15, 0.2) is 5.78 Å². The highest BCUT2D eigenvalue weighted by molar-refractivity contribution is 5.94. The van der Waals surface area contributed by atoms with Crippen LogP contribution in [0.5, 0.6) is 5.75 Å². The van der Waals surface area contributed by atoms with Crippen LogP contribution in [0.1, 0.15) is 48.5 Å². The van der Waals surface area contributed by atoms with Crippen LogP contribution in [0.3, 0.4) is 0 Å². The number of nitrogens with two attached hydrogens (primary N) is 1. The molecule has 0 spiro atoms. The maximum absolute atomic E-state index is 12.4. The summed E-state index contributed by atoms with van der Waals surface area (Å²) in [7, 11) is 1.57. The Bertz CT molecular complexity index is 577. The van der Waals surface area contributed by atoms with Crippen LogP contribution in [0, 0.1) is 5.92 Å². The molecule has 3 N–H and O–H groups in total. The Hall–Kier alpha value is -1.59. The number of hydrogen-bond acceptors (Lipinski definition) is 4. The molecule has 0 radical (unpaired) electrons. The predicted octanol–water partition coefficient (Wildman–Crippen LogP) is 2.50. The molecule has 1 aliphatic carbocycles. The molecule has 2 atom stereocenters. The monoisotopic (exact) mass is 354 g/mol. The lowest BCUT2D eigenvalue weighted by molar-refractivity contribution is -0.121. The van der Waals surface area contributed by atoms with Crippen LogP contribution >= 0.6 is 12.4 Å². The first-order valence-electron chi connectivity index (χ1n) is 8.22. The quantitative estimate of drug-likeness (QED) is 0.769. The predicted molar refractivity (Wildman–Crippen MR) is 96.9 cm³/mol. The van der Waals surface area contributed by atoms with Crippen LogP contribution < -0.4 is 15.8 Å². The van der Waals surface area contributed by atoms with Crippen LogP contribution in [0.25, 0.3) is 0 Å². The van der Waals surface area contributed by atoms with E-state index >= 15 is 0 Å². The molecule has 5 nitrogen and oxygen atoms in total. The first-order valence-corrected chi connectivity index (χ1v) is 8.22. The molecule has 0 aliphatic heterocycles. The number of carbonyl (C=O) groups excluding carboxylic acids is 2. The zero-order valence-electron chi connectivity index (χ0n) is 14.3. The zero-order chi connectivity index (χ0) is 16.8. The second-order valence-corrected chi connectivity index (χ2v) is 6.21. The number of halogens is 1. The molecule has 24 heavy (non-hydrogen) atoms. The van der Waals surface area contributed by atoms with Crippen molar-refractivity contribution >= 4 is 24.1 Å². The average Bonchev–Trinajstić information content (AvgIpc) is 2.55. The molecule has 1 aliphatic rings. The van der Waals surface area contributed by atoms with Crippen LogP contribution in [0.2, 0.25) is 0 Å². The molecular weight excluding hydrogens is 328 g/mol. The van der Waals surface area contributed by atoms with E-state index in [1.807, 2.05) is 0 Å². The summed E-state index contributed by atoms with van der Waals surface area (Å²) in [5.74, 6) is 0.918. The van der Waals surface area contributed by atoms with E-state index in [-0.39, 0.29) is 36.6 Å². The number of nitrogens with one attached hydrogen (secondary N) is 1. The normalized spacial score (nSPS) is 20.0. The number of carbonyl (C=O) groups is 2. The Kier molecular flexibility index (Phi) is 8.22. The molecule has 2 unspecified atom stereocenters. The summed E-state index contributed by atoms with van der Waals surface area (Å²) in [5.41, 5.74) is 7.14. The van der Waals surface area contributed by atoms with Gasteiger partial charge >= 0.3 is 0 Å². The van der Waals surface area contributed by atoms with Crippen molar-refractivity contribution < 1.29 is 14.3 Å². The van der Waals surface area contributed by atoms with Gasteiger partial charge in [-0.3, -0.25) is 9.59 Å². The lowest BCUT2D eigenvalue weighted by Gasteiger charge is -2.31. The molecule has 2 rings (SSSR count). The van der Waals surface area contributed by atoms with Crippen molar-refractivity contribution in [1.82, 2.24) is 5.32 Å². The van der Waals surface area contributed by atoms with E-state index in [1.165, 1.54) is 13.3 Å². The highest BCUT2D eigenvalue weighted by Gasteiger charge is 2.25. The first kappa shape index (κ1) is 20.5. The fraction of sp³-hybridized carbons (Fsp3) is 0.556. The number of benzene rings is 1. The third-order valence-corrected chi connectivity index (χ3v) is 4.60. The third-order valence-electron chi connectivity index (χ3n) is 4.60. The molecule has 134 valence electrons. The summed E-state index contributed by atoms with van der Waals surface area (Å²) in [6.45, 7) is 2.12. The van der Waals surface area contributed by atoms with Crippen LogP contribution in [0.4, 0.5) is 0 Å². The fourth-order valence-corrected chi connectivity index (χ4v) is 3.25. The molecule has 6 heteroatoms. The molecule has 1 amide bonds. The highest BCUT2D eigenvalue weighted by Crippen LogP contribution is 2.24.